The molecule has 3 aliphatic rings. The molecular formula is C21H28O3. The average Bonchev–Trinajstić information content (AvgIpc) is 2.57. The Bertz CT molecular complexity index is 620. The zero-order valence-electron chi connectivity index (χ0n) is 14.6. The van der Waals surface area contributed by atoms with Crippen LogP contribution in [0.4, 0.5) is 0 Å². The zero-order valence-corrected chi connectivity index (χ0v) is 14.6. The van der Waals surface area contributed by atoms with Crippen LogP contribution in [0.15, 0.2) is 18.2 Å². The van der Waals surface area contributed by atoms with E-state index < -0.39 is 0 Å². The predicted molar refractivity (Wildman–Crippen MR) is 93.5 cm³/mol. The average molecular weight is 328 g/mol. The Morgan fingerprint density at radius 1 is 1.04 bits per heavy atom. The summed E-state index contributed by atoms with van der Waals surface area (Å²) in [6.45, 7) is 2.38. The van der Waals surface area contributed by atoms with Gasteiger partial charge in [0.15, 0.2) is 5.78 Å². The van der Waals surface area contributed by atoms with E-state index >= 15 is 0 Å². The van der Waals surface area contributed by atoms with Gasteiger partial charge in [-0.3, -0.25) is 4.79 Å². The third kappa shape index (κ3) is 2.94. The summed E-state index contributed by atoms with van der Waals surface area (Å²) in [4.78, 5) is 12.5. The van der Waals surface area contributed by atoms with Gasteiger partial charge in [-0.1, -0.05) is 19.8 Å². The fourth-order valence-corrected chi connectivity index (χ4v) is 5.16. The number of hydrogen-bond donors (Lipinski definition) is 1. The largest absolute Gasteiger partial charge is 0.508 e. The van der Waals surface area contributed by atoms with Crippen LogP contribution in [0.1, 0.15) is 75.1 Å². The summed E-state index contributed by atoms with van der Waals surface area (Å²) in [6.07, 6.45) is 10.4. The molecule has 2 fully saturated rings. The highest BCUT2D eigenvalue weighted by Crippen LogP contribution is 2.47. The topological polar surface area (TPSA) is 46.5 Å². The van der Waals surface area contributed by atoms with Gasteiger partial charge in [0.05, 0.1) is 12.0 Å². The molecule has 3 nitrogen and oxygen atoms in total. The molecule has 1 aromatic carbocycles. The minimum atomic E-state index is -0.292. The number of rotatable bonds is 1. The third-order valence-electron chi connectivity index (χ3n) is 6.74. The molecule has 2 aliphatic carbocycles. The Hall–Kier alpha value is -1.51. The highest BCUT2D eigenvalue weighted by Gasteiger charge is 2.44. The third-order valence-corrected chi connectivity index (χ3v) is 6.74. The van der Waals surface area contributed by atoms with Gasteiger partial charge < -0.3 is 9.84 Å². The van der Waals surface area contributed by atoms with Crippen molar-refractivity contribution in [2.24, 2.45) is 17.8 Å². The number of aromatic hydroxyl groups is 1. The number of phenolic OH excluding ortho intramolecular Hbond substituents is 1. The van der Waals surface area contributed by atoms with Crippen molar-refractivity contribution in [1.29, 1.82) is 0 Å². The van der Waals surface area contributed by atoms with E-state index in [2.05, 4.69) is 6.92 Å². The maximum absolute atomic E-state index is 12.5. The molecule has 3 heteroatoms. The van der Waals surface area contributed by atoms with Crippen LogP contribution in [-0.2, 0) is 0 Å². The van der Waals surface area contributed by atoms with E-state index in [0.29, 0.717) is 17.7 Å². The molecule has 0 saturated heterocycles. The number of carbonyl (C=O) groups is 1. The molecule has 0 aromatic heterocycles. The van der Waals surface area contributed by atoms with Crippen LogP contribution in [0.5, 0.6) is 11.5 Å². The monoisotopic (exact) mass is 328 g/mol. The van der Waals surface area contributed by atoms with Gasteiger partial charge in [-0.05, 0) is 74.5 Å². The molecule has 0 radical (unpaired) electrons. The molecule has 2 saturated carbocycles. The summed E-state index contributed by atoms with van der Waals surface area (Å²) in [5.41, 5.74) is 0.253. The Labute approximate surface area is 144 Å². The second-order valence-corrected chi connectivity index (χ2v) is 8.42. The number of phenols is 1. The quantitative estimate of drug-likeness (QED) is 0.779. The minimum absolute atomic E-state index is 0.122. The second kappa shape index (κ2) is 6.09. The van der Waals surface area contributed by atoms with E-state index in [-0.39, 0.29) is 17.1 Å². The van der Waals surface area contributed by atoms with Crippen LogP contribution >= 0.6 is 0 Å². The summed E-state index contributed by atoms with van der Waals surface area (Å²) >= 11 is 0. The Morgan fingerprint density at radius 3 is 2.42 bits per heavy atom. The van der Waals surface area contributed by atoms with Crippen LogP contribution in [-0.4, -0.2) is 16.5 Å². The standard InChI is InChI=1S/C21H28O3/c1-14-2-4-15(5-3-14)16-8-10-21(11-9-16)13-19(23)18-12-17(22)6-7-20(18)24-21/h6-7,12,14-16,22H,2-5,8-11,13H2,1H3. The smallest absolute Gasteiger partial charge is 0.170 e. The maximum Gasteiger partial charge on any atom is 0.170 e. The van der Waals surface area contributed by atoms with Gasteiger partial charge in [0.2, 0.25) is 0 Å². The minimum Gasteiger partial charge on any atom is -0.508 e. The molecule has 24 heavy (non-hydrogen) atoms. The van der Waals surface area contributed by atoms with Gasteiger partial charge in [0, 0.05) is 0 Å². The molecule has 130 valence electrons. The highest BCUT2D eigenvalue weighted by molar-refractivity contribution is 6.00. The lowest BCUT2D eigenvalue weighted by Gasteiger charge is -2.45. The Kier molecular flexibility index (Phi) is 4.06. The number of fused-ring (bicyclic) bond motifs is 1. The molecule has 0 atom stereocenters. The predicted octanol–water partition coefficient (Wildman–Crippen LogP) is 5.11. The van der Waals surface area contributed by atoms with Crippen molar-refractivity contribution in [3.8, 4) is 11.5 Å². The van der Waals surface area contributed by atoms with Crippen molar-refractivity contribution in [1.82, 2.24) is 0 Å². The van der Waals surface area contributed by atoms with E-state index in [1.54, 1.807) is 18.2 Å². The van der Waals surface area contributed by atoms with E-state index in [0.717, 1.165) is 30.6 Å². The molecule has 0 unspecified atom stereocenters. The molecule has 1 aliphatic heterocycles. The first kappa shape index (κ1) is 16.0. The Morgan fingerprint density at radius 2 is 1.71 bits per heavy atom. The number of benzene rings is 1. The van der Waals surface area contributed by atoms with Gasteiger partial charge in [-0.15, -0.1) is 0 Å². The second-order valence-electron chi connectivity index (χ2n) is 8.42. The highest BCUT2D eigenvalue weighted by atomic mass is 16.5. The lowest BCUT2D eigenvalue weighted by Crippen LogP contribution is -2.45. The van der Waals surface area contributed by atoms with Gasteiger partial charge in [-0.2, -0.15) is 0 Å². The molecule has 4 rings (SSSR count). The van der Waals surface area contributed by atoms with Crippen molar-refractivity contribution < 1.29 is 14.6 Å². The van der Waals surface area contributed by atoms with Gasteiger partial charge in [-0.25, -0.2) is 0 Å². The van der Waals surface area contributed by atoms with E-state index in [4.69, 9.17) is 4.74 Å². The van der Waals surface area contributed by atoms with Gasteiger partial charge >= 0.3 is 0 Å². The number of ketones is 1. The normalized spacial score (nSPS) is 36.2. The molecule has 1 heterocycles. The van der Waals surface area contributed by atoms with E-state index in [1.807, 2.05) is 0 Å². The molecule has 0 bridgehead atoms. The zero-order chi connectivity index (χ0) is 16.7. The summed E-state index contributed by atoms with van der Waals surface area (Å²) in [5.74, 6) is 3.54. The van der Waals surface area contributed by atoms with E-state index in [9.17, 15) is 9.90 Å². The van der Waals surface area contributed by atoms with Crippen molar-refractivity contribution in [2.45, 2.75) is 70.3 Å². The van der Waals surface area contributed by atoms with E-state index in [1.165, 1.54) is 38.5 Å². The SMILES string of the molecule is CC1CCC(C2CCC3(CC2)CC(=O)c2cc(O)ccc2O3)CC1. The fraction of sp³-hybridized carbons (Fsp3) is 0.667. The van der Waals surface area contributed by atoms with Crippen molar-refractivity contribution in [3.05, 3.63) is 23.8 Å². The van der Waals surface area contributed by atoms with Crippen LogP contribution in [0.3, 0.4) is 0 Å². The molecule has 1 spiro atoms. The first-order chi connectivity index (χ1) is 11.5. The fourth-order valence-electron chi connectivity index (χ4n) is 5.16. The number of hydrogen-bond acceptors (Lipinski definition) is 3. The van der Waals surface area contributed by atoms with Crippen molar-refractivity contribution in [2.75, 3.05) is 0 Å². The Balaban J connectivity index is 1.43. The molecular weight excluding hydrogens is 300 g/mol. The van der Waals surface area contributed by atoms with Crippen LogP contribution in [0.2, 0.25) is 0 Å². The number of ether oxygens (including phenoxy) is 1. The summed E-state index contributed by atoms with van der Waals surface area (Å²) in [5, 5.41) is 9.60. The molecule has 1 N–H and O–H groups in total. The first-order valence-corrected chi connectivity index (χ1v) is 9.60. The summed E-state index contributed by atoms with van der Waals surface area (Å²) < 4.78 is 6.31. The lowest BCUT2D eigenvalue weighted by molar-refractivity contribution is -0.00909. The van der Waals surface area contributed by atoms with Crippen molar-refractivity contribution in [3.63, 3.8) is 0 Å². The van der Waals surface area contributed by atoms with Gasteiger partial charge in [0.1, 0.15) is 17.1 Å². The summed E-state index contributed by atoms with van der Waals surface area (Å²) in [6, 6.07) is 4.90. The van der Waals surface area contributed by atoms with Crippen LogP contribution in [0, 0.1) is 17.8 Å². The molecule has 1 aromatic rings. The van der Waals surface area contributed by atoms with Crippen molar-refractivity contribution >= 4 is 5.78 Å². The first-order valence-electron chi connectivity index (χ1n) is 9.60. The number of carbonyl (C=O) groups excluding carboxylic acids is 1. The maximum atomic E-state index is 12.5. The number of Topliss-reactive ketones (excluding diaryl/α,β-unsaturated/α-hetero) is 1. The lowest BCUT2D eigenvalue weighted by atomic mass is 9.67. The van der Waals surface area contributed by atoms with Gasteiger partial charge in [0.25, 0.3) is 0 Å². The van der Waals surface area contributed by atoms with Crippen LogP contribution < -0.4 is 4.74 Å². The molecule has 0 amide bonds. The van der Waals surface area contributed by atoms with Crippen LogP contribution in [0.25, 0.3) is 0 Å². The summed E-state index contributed by atoms with van der Waals surface area (Å²) in [7, 11) is 0.